The van der Waals surface area contributed by atoms with Gasteiger partial charge in [-0.2, -0.15) is 8.78 Å². The molecule has 0 aliphatic rings. The largest absolute Gasteiger partial charge is 0.354 e. The minimum absolute atomic E-state index is 0.207. The smallest absolute Gasteiger partial charge is 0.319 e. The second-order valence-electron chi connectivity index (χ2n) is 5.00. The average molecular weight is 301 g/mol. The Hall–Kier alpha value is -1.66. The van der Waals surface area contributed by atoms with Crippen molar-refractivity contribution >= 4 is 5.96 Å². The maximum absolute atomic E-state index is 12.7. The summed E-state index contributed by atoms with van der Waals surface area (Å²) in [5.41, 5.74) is 0. The number of guanidine groups is 1. The van der Waals surface area contributed by atoms with E-state index < -0.39 is 6.55 Å². The van der Waals surface area contributed by atoms with Crippen LogP contribution in [0.3, 0.4) is 0 Å². The number of hydrogen-bond donors (Lipinski definition) is 2. The van der Waals surface area contributed by atoms with Crippen molar-refractivity contribution in [1.82, 2.24) is 20.2 Å². The van der Waals surface area contributed by atoms with Crippen molar-refractivity contribution in [1.29, 1.82) is 0 Å². The summed E-state index contributed by atoms with van der Waals surface area (Å²) >= 11 is 0. The molecule has 0 bridgehead atoms. The molecule has 0 radical (unpaired) electrons. The number of imidazole rings is 1. The highest BCUT2D eigenvalue weighted by Gasteiger charge is 2.12. The van der Waals surface area contributed by atoms with Crippen molar-refractivity contribution < 1.29 is 8.78 Å². The first-order valence-electron chi connectivity index (χ1n) is 7.35. The molecule has 1 rings (SSSR count). The van der Waals surface area contributed by atoms with E-state index >= 15 is 0 Å². The van der Waals surface area contributed by atoms with Gasteiger partial charge >= 0.3 is 6.55 Å². The van der Waals surface area contributed by atoms with Gasteiger partial charge in [-0.25, -0.2) is 4.98 Å². The minimum atomic E-state index is -2.58. The van der Waals surface area contributed by atoms with Gasteiger partial charge in [0.15, 0.2) is 5.96 Å². The fourth-order valence-electron chi connectivity index (χ4n) is 2.02. The molecule has 1 atom stereocenters. The third-order valence-electron chi connectivity index (χ3n) is 3.22. The second kappa shape index (κ2) is 9.31. The molecule has 0 aliphatic heterocycles. The predicted octanol–water partition coefficient (Wildman–Crippen LogP) is 2.91. The maximum atomic E-state index is 12.7. The third kappa shape index (κ3) is 6.10. The van der Waals surface area contributed by atoms with Gasteiger partial charge in [-0.1, -0.05) is 26.2 Å². The van der Waals surface area contributed by atoms with Crippen LogP contribution in [0.4, 0.5) is 8.78 Å². The Morgan fingerprint density at radius 1 is 1.43 bits per heavy atom. The first-order chi connectivity index (χ1) is 10.1. The van der Waals surface area contributed by atoms with Crippen molar-refractivity contribution in [2.24, 2.45) is 4.99 Å². The molecule has 7 heteroatoms. The predicted molar refractivity (Wildman–Crippen MR) is 80.4 cm³/mol. The van der Waals surface area contributed by atoms with Crippen LogP contribution >= 0.6 is 0 Å². The Bertz CT molecular complexity index is 431. The third-order valence-corrected chi connectivity index (χ3v) is 3.22. The van der Waals surface area contributed by atoms with Gasteiger partial charge in [0, 0.05) is 25.5 Å². The van der Waals surface area contributed by atoms with Crippen molar-refractivity contribution in [2.45, 2.75) is 58.7 Å². The van der Waals surface area contributed by atoms with Crippen molar-refractivity contribution in [3.05, 3.63) is 18.2 Å². The molecule has 1 heterocycles. The Balaban J connectivity index is 2.42. The number of unbranched alkanes of at least 4 members (excludes halogenated alkanes) is 2. The molecule has 0 aliphatic carbocycles. The van der Waals surface area contributed by atoms with Crippen LogP contribution in [0.5, 0.6) is 0 Å². The van der Waals surface area contributed by atoms with Gasteiger partial charge in [-0.05, 0) is 13.3 Å². The standard InChI is InChI=1S/C14H25F2N5/c1-4-5-6-7-11(2)20-14(17-3)19-10-12-18-8-9-21(12)13(15)16/h8-9,11,13H,4-7,10H2,1-3H3,(H2,17,19,20). The summed E-state index contributed by atoms with van der Waals surface area (Å²) < 4.78 is 26.2. The number of nitrogens with zero attached hydrogens (tertiary/aromatic N) is 3. The summed E-state index contributed by atoms with van der Waals surface area (Å²) in [6.07, 6.45) is 7.26. The van der Waals surface area contributed by atoms with Crippen LogP contribution in [0.25, 0.3) is 0 Å². The Kier molecular flexibility index (Phi) is 7.71. The van der Waals surface area contributed by atoms with Crippen LogP contribution < -0.4 is 10.6 Å². The van der Waals surface area contributed by atoms with E-state index in [1.807, 2.05) is 0 Å². The lowest BCUT2D eigenvalue weighted by molar-refractivity contribution is 0.0668. The molecule has 0 spiro atoms. The highest BCUT2D eigenvalue weighted by molar-refractivity contribution is 5.79. The SMILES string of the molecule is CCCCCC(C)NC(=NC)NCc1nccn1C(F)F. The van der Waals surface area contributed by atoms with E-state index in [-0.39, 0.29) is 18.4 Å². The molecule has 0 fully saturated rings. The lowest BCUT2D eigenvalue weighted by Gasteiger charge is -2.18. The summed E-state index contributed by atoms with van der Waals surface area (Å²) in [5.74, 6) is 0.884. The lowest BCUT2D eigenvalue weighted by atomic mass is 10.1. The monoisotopic (exact) mass is 301 g/mol. The molecule has 1 aromatic heterocycles. The molecule has 0 amide bonds. The van der Waals surface area contributed by atoms with Gasteiger partial charge in [0.05, 0.1) is 6.54 Å². The number of aromatic nitrogens is 2. The molecule has 1 aromatic rings. The Labute approximate surface area is 124 Å². The fourth-order valence-corrected chi connectivity index (χ4v) is 2.02. The number of aliphatic imine (C=N–C) groups is 1. The van der Waals surface area contributed by atoms with E-state index in [1.54, 1.807) is 7.05 Å². The zero-order valence-electron chi connectivity index (χ0n) is 12.9. The topological polar surface area (TPSA) is 54.2 Å². The van der Waals surface area contributed by atoms with E-state index in [0.717, 1.165) is 17.4 Å². The Morgan fingerprint density at radius 2 is 2.19 bits per heavy atom. The first-order valence-corrected chi connectivity index (χ1v) is 7.35. The molecular formula is C14H25F2N5. The van der Waals surface area contributed by atoms with Crippen molar-refractivity contribution in [3.63, 3.8) is 0 Å². The first kappa shape index (κ1) is 17.4. The molecule has 0 saturated heterocycles. The summed E-state index contributed by atoms with van der Waals surface area (Å²) in [6.45, 7) is 1.89. The minimum Gasteiger partial charge on any atom is -0.354 e. The van der Waals surface area contributed by atoms with Crippen LogP contribution in [0.2, 0.25) is 0 Å². The number of rotatable bonds is 8. The Morgan fingerprint density at radius 3 is 2.81 bits per heavy atom. The van der Waals surface area contributed by atoms with Crippen LogP contribution in [-0.4, -0.2) is 28.6 Å². The lowest BCUT2D eigenvalue weighted by Crippen LogP contribution is -2.42. The zero-order valence-corrected chi connectivity index (χ0v) is 12.9. The molecule has 0 aromatic carbocycles. The van der Waals surface area contributed by atoms with Crippen molar-refractivity contribution in [3.8, 4) is 0 Å². The van der Waals surface area contributed by atoms with E-state index in [4.69, 9.17) is 0 Å². The molecule has 5 nitrogen and oxygen atoms in total. The van der Waals surface area contributed by atoms with Crippen LogP contribution in [0, 0.1) is 0 Å². The normalized spacial score (nSPS) is 13.5. The molecule has 2 N–H and O–H groups in total. The van der Waals surface area contributed by atoms with Gasteiger partial charge in [-0.15, -0.1) is 0 Å². The fraction of sp³-hybridized carbons (Fsp3) is 0.714. The van der Waals surface area contributed by atoms with Gasteiger partial charge in [0.2, 0.25) is 0 Å². The highest BCUT2D eigenvalue weighted by atomic mass is 19.3. The summed E-state index contributed by atoms with van der Waals surface area (Å²) in [4.78, 5) is 8.02. The average Bonchev–Trinajstić information content (AvgIpc) is 2.92. The molecule has 120 valence electrons. The van der Waals surface area contributed by atoms with E-state index in [9.17, 15) is 8.78 Å². The van der Waals surface area contributed by atoms with Crippen LogP contribution in [0.1, 0.15) is 51.9 Å². The van der Waals surface area contributed by atoms with Crippen LogP contribution in [0.15, 0.2) is 17.4 Å². The molecule has 21 heavy (non-hydrogen) atoms. The van der Waals surface area contributed by atoms with Crippen molar-refractivity contribution in [2.75, 3.05) is 7.05 Å². The zero-order chi connectivity index (χ0) is 15.7. The number of halogens is 2. The van der Waals surface area contributed by atoms with E-state index in [0.29, 0.717) is 5.96 Å². The second-order valence-corrected chi connectivity index (χ2v) is 5.00. The van der Waals surface area contributed by atoms with Gasteiger partial charge in [-0.3, -0.25) is 9.56 Å². The molecular weight excluding hydrogens is 276 g/mol. The van der Waals surface area contributed by atoms with E-state index in [1.165, 1.54) is 25.2 Å². The quantitative estimate of drug-likeness (QED) is 0.441. The van der Waals surface area contributed by atoms with E-state index in [2.05, 4.69) is 34.5 Å². The maximum Gasteiger partial charge on any atom is 0.319 e. The van der Waals surface area contributed by atoms with Crippen LogP contribution in [-0.2, 0) is 6.54 Å². The van der Waals surface area contributed by atoms with Gasteiger partial charge < -0.3 is 10.6 Å². The summed E-state index contributed by atoms with van der Waals surface area (Å²) in [6, 6.07) is 0.289. The molecule has 1 unspecified atom stereocenters. The number of hydrogen-bond acceptors (Lipinski definition) is 2. The number of alkyl halides is 2. The van der Waals surface area contributed by atoms with Gasteiger partial charge in [0.25, 0.3) is 0 Å². The van der Waals surface area contributed by atoms with Gasteiger partial charge in [0.1, 0.15) is 5.82 Å². The summed E-state index contributed by atoms with van der Waals surface area (Å²) in [7, 11) is 1.66. The highest BCUT2D eigenvalue weighted by Crippen LogP contribution is 2.11. The molecule has 0 saturated carbocycles. The summed E-state index contributed by atoms with van der Waals surface area (Å²) in [5, 5.41) is 6.26. The number of nitrogens with one attached hydrogen (secondary N) is 2.